The van der Waals surface area contributed by atoms with Gasteiger partial charge in [0.2, 0.25) is 0 Å². The Hall–Kier alpha value is -4.64. The van der Waals surface area contributed by atoms with Crippen molar-refractivity contribution in [3.05, 3.63) is 120 Å². The van der Waals surface area contributed by atoms with Crippen LogP contribution in [-0.2, 0) is 4.74 Å². The molecule has 0 unspecified atom stereocenters. The molecule has 0 saturated heterocycles. The van der Waals surface area contributed by atoms with E-state index in [1.807, 2.05) is 60.7 Å². The molecule has 0 aromatic heterocycles. The Balaban J connectivity index is 0.000000257. The lowest BCUT2D eigenvalue weighted by molar-refractivity contribution is 0.0400. The van der Waals surface area contributed by atoms with Crippen LogP contribution in [0.5, 0.6) is 11.5 Å². The van der Waals surface area contributed by atoms with Gasteiger partial charge in [0, 0.05) is 0 Å². The third kappa shape index (κ3) is 4.89. The summed E-state index contributed by atoms with van der Waals surface area (Å²) in [4.78, 5) is 25.1. The Morgan fingerprint density at radius 3 is 1.50 bits per heavy atom. The van der Waals surface area contributed by atoms with Gasteiger partial charge in [0.05, 0.1) is 18.2 Å². The number of fused-ring (bicyclic) bond motifs is 2. The average molecular weight is 450 g/mol. The smallest absolute Gasteiger partial charge is 0.346 e. The Labute approximate surface area is 196 Å². The third-order valence-corrected chi connectivity index (χ3v) is 5.29. The molecule has 5 aromatic rings. The van der Waals surface area contributed by atoms with E-state index < -0.39 is 11.9 Å². The molecule has 5 nitrogen and oxygen atoms in total. The van der Waals surface area contributed by atoms with Gasteiger partial charge in [-0.3, -0.25) is 0 Å². The number of para-hydroxylation sites is 2. The van der Waals surface area contributed by atoms with Crippen molar-refractivity contribution in [2.45, 2.75) is 0 Å². The number of carbonyl (C=O) groups excluding carboxylic acids is 2. The Morgan fingerprint density at radius 2 is 1.03 bits per heavy atom. The highest BCUT2D eigenvalue weighted by molar-refractivity contribution is 6.12. The van der Waals surface area contributed by atoms with Gasteiger partial charge in [-0.25, -0.2) is 9.59 Å². The van der Waals surface area contributed by atoms with Gasteiger partial charge >= 0.3 is 11.9 Å². The minimum absolute atomic E-state index is 0.181. The predicted molar refractivity (Wildman–Crippen MR) is 132 cm³/mol. The molecule has 34 heavy (non-hydrogen) atoms. The van der Waals surface area contributed by atoms with Gasteiger partial charge in [-0.15, -0.1) is 0 Å². The molecule has 0 fully saturated rings. The van der Waals surface area contributed by atoms with Crippen molar-refractivity contribution in [2.24, 2.45) is 0 Å². The second-order valence-electron chi connectivity index (χ2n) is 7.40. The van der Waals surface area contributed by atoms with Crippen LogP contribution in [0.25, 0.3) is 21.5 Å². The Bertz CT molecular complexity index is 1370. The SMILES string of the molecule is COc1ccccc1O.O=C(OC(=O)c1cccc2ccccc12)c1cccc2ccccc12. The van der Waals surface area contributed by atoms with E-state index in [1.54, 1.807) is 48.5 Å². The molecule has 0 spiro atoms. The topological polar surface area (TPSA) is 72.8 Å². The van der Waals surface area contributed by atoms with Crippen LogP contribution >= 0.6 is 0 Å². The first-order valence-corrected chi connectivity index (χ1v) is 10.6. The van der Waals surface area contributed by atoms with Crippen LogP contribution in [0.2, 0.25) is 0 Å². The highest BCUT2D eigenvalue weighted by Gasteiger charge is 2.18. The monoisotopic (exact) mass is 450 g/mol. The van der Waals surface area contributed by atoms with Crippen molar-refractivity contribution >= 4 is 33.5 Å². The van der Waals surface area contributed by atoms with Crippen molar-refractivity contribution in [1.82, 2.24) is 0 Å². The second kappa shape index (κ2) is 10.3. The van der Waals surface area contributed by atoms with Crippen LogP contribution in [0.3, 0.4) is 0 Å². The lowest BCUT2D eigenvalue weighted by atomic mass is 10.0. The summed E-state index contributed by atoms with van der Waals surface area (Å²) in [6, 6.07) is 32.6. The molecule has 5 heteroatoms. The number of phenolic OH excluding ortho intramolecular Hbond substituents is 1. The van der Waals surface area contributed by atoms with Gasteiger partial charge in [0.15, 0.2) is 11.5 Å². The van der Waals surface area contributed by atoms with Gasteiger partial charge in [-0.05, 0) is 45.8 Å². The zero-order valence-electron chi connectivity index (χ0n) is 18.5. The van der Waals surface area contributed by atoms with E-state index in [0.29, 0.717) is 16.9 Å². The number of benzene rings is 5. The number of ether oxygens (including phenoxy) is 2. The molecule has 0 aliphatic carbocycles. The van der Waals surface area contributed by atoms with Crippen molar-refractivity contribution in [1.29, 1.82) is 0 Å². The minimum atomic E-state index is -0.644. The number of methoxy groups -OCH3 is 1. The van der Waals surface area contributed by atoms with Crippen LogP contribution in [0.4, 0.5) is 0 Å². The van der Waals surface area contributed by atoms with Gasteiger partial charge in [-0.2, -0.15) is 0 Å². The molecule has 1 N–H and O–H groups in total. The molecule has 0 aliphatic heterocycles. The van der Waals surface area contributed by atoms with Crippen LogP contribution in [0, 0.1) is 0 Å². The maximum absolute atomic E-state index is 12.5. The zero-order chi connectivity index (χ0) is 23.9. The fourth-order valence-electron chi connectivity index (χ4n) is 3.63. The van der Waals surface area contributed by atoms with Gasteiger partial charge in [-0.1, -0.05) is 84.9 Å². The van der Waals surface area contributed by atoms with Gasteiger partial charge in [0.1, 0.15) is 0 Å². The molecule has 0 heterocycles. The molecular formula is C29H22O5. The Kier molecular flexibility index (Phi) is 6.84. The summed E-state index contributed by atoms with van der Waals surface area (Å²) in [6.07, 6.45) is 0. The van der Waals surface area contributed by atoms with E-state index in [1.165, 1.54) is 7.11 Å². The fourth-order valence-corrected chi connectivity index (χ4v) is 3.63. The van der Waals surface area contributed by atoms with Crippen molar-refractivity contribution in [2.75, 3.05) is 7.11 Å². The fraction of sp³-hybridized carbons (Fsp3) is 0.0345. The van der Waals surface area contributed by atoms with Crippen LogP contribution in [0.15, 0.2) is 109 Å². The maximum atomic E-state index is 12.5. The van der Waals surface area contributed by atoms with E-state index in [4.69, 9.17) is 14.6 Å². The molecule has 0 radical (unpaired) electrons. The van der Waals surface area contributed by atoms with E-state index in [9.17, 15) is 9.59 Å². The van der Waals surface area contributed by atoms with Crippen molar-refractivity contribution in [3.63, 3.8) is 0 Å². The first-order valence-electron chi connectivity index (χ1n) is 10.6. The molecule has 0 amide bonds. The van der Waals surface area contributed by atoms with Crippen molar-refractivity contribution in [3.8, 4) is 11.5 Å². The third-order valence-electron chi connectivity index (χ3n) is 5.29. The molecule has 0 aliphatic rings. The minimum Gasteiger partial charge on any atom is -0.504 e. The summed E-state index contributed by atoms with van der Waals surface area (Å²) in [7, 11) is 1.52. The van der Waals surface area contributed by atoms with E-state index in [2.05, 4.69) is 0 Å². The van der Waals surface area contributed by atoms with E-state index in [-0.39, 0.29) is 5.75 Å². The molecule has 5 aromatic carbocycles. The number of hydrogen-bond donors (Lipinski definition) is 1. The van der Waals surface area contributed by atoms with E-state index in [0.717, 1.165) is 21.5 Å². The summed E-state index contributed by atoms with van der Waals surface area (Å²) in [6.45, 7) is 0. The first-order chi connectivity index (χ1) is 16.6. The summed E-state index contributed by atoms with van der Waals surface area (Å²) < 4.78 is 9.96. The molecule has 0 atom stereocenters. The van der Waals surface area contributed by atoms with Gasteiger partial charge in [0.25, 0.3) is 0 Å². The van der Waals surface area contributed by atoms with Gasteiger partial charge < -0.3 is 14.6 Å². The number of aromatic hydroxyl groups is 1. The molecule has 0 saturated carbocycles. The highest BCUT2D eigenvalue weighted by atomic mass is 16.6. The number of carbonyl (C=O) groups is 2. The zero-order valence-corrected chi connectivity index (χ0v) is 18.5. The Morgan fingerprint density at radius 1 is 0.588 bits per heavy atom. The first kappa shape index (κ1) is 22.6. The normalized spacial score (nSPS) is 10.3. The molecule has 5 rings (SSSR count). The van der Waals surface area contributed by atoms with Crippen LogP contribution < -0.4 is 4.74 Å². The van der Waals surface area contributed by atoms with Crippen molar-refractivity contribution < 1.29 is 24.2 Å². The number of hydrogen-bond acceptors (Lipinski definition) is 5. The highest BCUT2D eigenvalue weighted by Crippen LogP contribution is 2.23. The number of rotatable bonds is 3. The summed E-state index contributed by atoms with van der Waals surface area (Å²) >= 11 is 0. The summed E-state index contributed by atoms with van der Waals surface area (Å²) in [5.41, 5.74) is 0.762. The molecule has 168 valence electrons. The second-order valence-corrected chi connectivity index (χ2v) is 7.40. The quantitative estimate of drug-likeness (QED) is 0.255. The molecule has 0 bridgehead atoms. The summed E-state index contributed by atoms with van der Waals surface area (Å²) in [5.74, 6) is -0.595. The van der Waals surface area contributed by atoms with Crippen LogP contribution in [0.1, 0.15) is 20.7 Å². The largest absolute Gasteiger partial charge is 0.504 e. The number of phenols is 1. The average Bonchev–Trinajstić information content (AvgIpc) is 2.88. The predicted octanol–water partition coefficient (Wildman–Crippen LogP) is 6.39. The summed E-state index contributed by atoms with van der Waals surface area (Å²) in [5, 5.41) is 12.4. The van der Waals surface area contributed by atoms with E-state index >= 15 is 0 Å². The maximum Gasteiger partial charge on any atom is 0.346 e. The lowest BCUT2D eigenvalue weighted by Gasteiger charge is -2.08. The molecular weight excluding hydrogens is 428 g/mol. The van der Waals surface area contributed by atoms with Crippen LogP contribution in [-0.4, -0.2) is 24.2 Å². The number of esters is 2. The standard InChI is InChI=1S/C22H14O3.C7H8O2/c23-21(19-13-5-9-15-7-1-3-11-17(15)19)25-22(24)20-14-6-10-16-8-2-4-12-18(16)20;1-9-7-5-3-2-4-6(7)8/h1-14H;2-5,8H,1H3. The lowest BCUT2D eigenvalue weighted by Crippen LogP contribution is -2.13.